The van der Waals surface area contributed by atoms with Gasteiger partial charge >= 0.3 is 0 Å². The van der Waals surface area contributed by atoms with Crippen LogP contribution in [0.3, 0.4) is 0 Å². The molecule has 1 saturated heterocycles. The molecule has 0 bridgehead atoms. The van der Waals surface area contributed by atoms with Crippen molar-refractivity contribution in [3.05, 3.63) is 0 Å². The van der Waals surface area contributed by atoms with E-state index < -0.39 is 0 Å². The van der Waals surface area contributed by atoms with Crippen molar-refractivity contribution in [2.45, 2.75) is 71.3 Å². The molecule has 0 spiro atoms. The largest absolute Gasteiger partial charge is 0.378 e. The molecule has 4 heteroatoms. The fraction of sp³-hybridized carbons (Fsp3) is 0.929. The van der Waals surface area contributed by atoms with Crippen LogP contribution in [-0.2, 0) is 9.53 Å². The third-order valence-corrected chi connectivity index (χ3v) is 4.15. The Morgan fingerprint density at radius 3 is 2.56 bits per heavy atom. The lowest BCUT2D eigenvalue weighted by Gasteiger charge is -2.43. The molecule has 2 atom stereocenters. The summed E-state index contributed by atoms with van der Waals surface area (Å²) in [6, 6.07) is 0.386. The molecule has 0 aromatic rings. The van der Waals surface area contributed by atoms with Gasteiger partial charge in [-0.25, -0.2) is 0 Å². The molecule has 0 aromatic heterocycles. The van der Waals surface area contributed by atoms with Crippen molar-refractivity contribution < 1.29 is 9.53 Å². The number of carbonyl (C=O) groups is 1. The molecule has 0 aromatic carbocycles. The quantitative estimate of drug-likeness (QED) is 0.812. The van der Waals surface area contributed by atoms with Gasteiger partial charge in [-0.05, 0) is 32.1 Å². The van der Waals surface area contributed by atoms with Crippen LogP contribution < -0.4 is 5.32 Å². The van der Waals surface area contributed by atoms with Gasteiger partial charge in [0.05, 0.1) is 18.3 Å². The molecular weight excluding hydrogens is 228 g/mol. The average molecular weight is 254 g/mol. The number of ether oxygens (including phenoxy) is 1. The molecule has 2 fully saturated rings. The lowest BCUT2D eigenvalue weighted by atomic mass is 9.87. The van der Waals surface area contributed by atoms with E-state index in [0.29, 0.717) is 18.1 Å². The van der Waals surface area contributed by atoms with Crippen LogP contribution in [0.15, 0.2) is 0 Å². The second kappa shape index (κ2) is 5.57. The number of hydrogen-bond acceptors (Lipinski definition) is 3. The number of hydrogen-bond donors (Lipinski definition) is 1. The highest BCUT2D eigenvalue weighted by molar-refractivity contribution is 5.85. The summed E-state index contributed by atoms with van der Waals surface area (Å²) in [7, 11) is 0. The number of rotatable bonds is 5. The maximum absolute atomic E-state index is 12.4. The lowest BCUT2D eigenvalue weighted by molar-refractivity contribution is -0.139. The Morgan fingerprint density at radius 2 is 2.06 bits per heavy atom. The first-order valence-corrected chi connectivity index (χ1v) is 7.28. The van der Waals surface area contributed by atoms with Crippen molar-refractivity contribution in [3.63, 3.8) is 0 Å². The normalized spacial score (nSPS) is 36.3. The van der Waals surface area contributed by atoms with E-state index in [0.717, 1.165) is 25.9 Å². The van der Waals surface area contributed by atoms with E-state index in [-0.39, 0.29) is 18.1 Å². The number of nitrogens with one attached hydrogen (secondary N) is 1. The molecule has 2 unspecified atom stereocenters. The fourth-order valence-electron chi connectivity index (χ4n) is 3.04. The second-order valence-electron chi connectivity index (χ2n) is 5.76. The van der Waals surface area contributed by atoms with Gasteiger partial charge in [-0.15, -0.1) is 0 Å². The van der Waals surface area contributed by atoms with E-state index in [1.807, 2.05) is 6.92 Å². The summed E-state index contributed by atoms with van der Waals surface area (Å²) in [4.78, 5) is 14.5. The summed E-state index contributed by atoms with van der Waals surface area (Å²) in [6.45, 7) is 9.15. The zero-order chi connectivity index (χ0) is 13.3. The minimum absolute atomic E-state index is 0.00101. The van der Waals surface area contributed by atoms with Crippen LogP contribution >= 0.6 is 0 Å². The van der Waals surface area contributed by atoms with Gasteiger partial charge < -0.3 is 9.64 Å². The fourth-order valence-corrected chi connectivity index (χ4v) is 3.04. The Morgan fingerprint density at radius 1 is 1.39 bits per heavy atom. The first-order valence-electron chi connectivity index (χ1n) is 7.28. The standard InChI is InChI=1S/C14H26N2O2/c1-5-12-15-13(9(3)4)14(17)16(12)10-7-11(8-10)18-6-2/h9-13,15H,5-8H2,1-4H3. The monoisotopic (exact) mass is 254 g/mol. The minimum atomic E-state index is 0.00101. The van der Waals surface area contributed by atoms with E-state index in [1.165, 1.54) is 0 Å². The van der Waals surface area contributed by atoms with Gasteiger partial charge in [0.1, 0.15) is 0 Å². The zero-order valence-corrected chi connectivity index (χ0v) is 12.0. The van der Waals surface area contributed by atoms with Crippen molar-refractivity contribution in [2.75, 3.05) is 6.61 Å². The third kappa shape index (κ3) is 2.41. The SMILES string of the molecule is CCOC1CC(N2C(=O)C(C(C)C)NC2CC)C1. The van der Waals surface area contributed by atoms with Crippen LogP contribution in [0, 0.1) is 5.92 Å². The number of nitrogens with zero attached hydrogens (tertiary/aromatic N) is 1. The molecule has 4 nitrogen and oxygen atoms in total. The zero-order valence-electron chi connectivity index (χ0n) is 12.0. The maximum Gasteiger partial charge on any atom is 0.241 e. The van der Waals surface area contributed by atoms with Crippen LogP contribution in [0.1, 0.15) is 47.0 Å². The molecule has 2 rings (SSSR count). The van der Waals surface area contributed by atoms with E-state index in [4.69, 9.17) is 4.74 Å². The minimum Gasteiger partial charge on any atom is -0.378 e. The smallest absolute Gasteiger partial charge is 0.241 e. The molecule has 18 heavy (non-hydrogen) atoms. The highest BCUT2D eigenvalue weighted by atomic mass is 16.5. The van der Waals surface area contributed by atoms with E-state index >= 15 is 0 Å². The van der Waals surface area contributed by atoms with Crippen LogP contribution in [0.5, 0.6) is 0 Å². The summed E-state index contributed by atoms with van der Waals surface area (Å²) in [5, 5.41) is 3.47. The van der Waals surface area contributed by atoms with Crippen molar-refractivity contribution in [2.24, 2.45) is 5.92 Å². The average Bonchev–Trinajstić information content (AvgIpc) is 2.60. The molecule has 1 saturated carbocycles. The van der Waals surface area contributed by atoms with E-state index in [9.17, 15) is 4.79 Å². The van der Waals surface area contributed by atoms with Gasteiger partial charge in [0.25, 0.3) is 0 Å². The first kappa shape index (κ1) is 13.8. The molecular formula is C14H26N2O2. The van der Waals surface area contributed by atoms with E-state index in [1.54, 1.807) is 0 Å². The number of carbonyl (C=O) groups excluding carboxylic acids is 1. The lowest BCUT2D eigenvalue weighted by Crippen LogP contribution is -2.53. The first-order chi connectivity index (χ1) is 8.58. The summed E-state index contributed by atoms with van der Waals surface area (Å²) in [6.07, 6.45) is 3.57. The third-order valence-electron chi connectivity index (χ3n) is 4.15. The van der Waals surface area contributed by atoms with Gasteiger partial charge in [-0.3, -0.25) is 10.1 Å². The Bertz CT molecular complexity index is 300. The Kier molecular flexibility index (Phi) is 4.28. The number of amides is 1. The molecule has 1 N–H and O–H groups in total. The van der Waals surface area contributed by atoms with Gasteiger partial charge in [-0.1, -0.05) is 20.8 Å². The molecule has 1 heterocycles. The van der Waals surface area contributed by atoms with Gasteiger partial charge in [-0.2, -0.15) is 0 Å². The predicted molar refractivity (Wildman–Crippen MR) is 71.1 cm³/mol. The second-order valence-corrected chi connectivity index (χ2v) is 5.76. The topological polar surface area (TPSA) is 41.6 Å². The van der Waals surface area contributed by atoms with Crippen molar-refractivity contribution >= 4 is 5.91 Å². The summed E-state index contributed by atoms with van der Waals surface area (Å²) >= 11 is 0. The van der Waals surface area contributed by atoms with E-state index in [2.05, 4.69) is 31.0 Å². The van der Waals surface area contributed by atoms with Gasteiger partial charge in [0, 0.05) is 12.6 Å². The summed E-state index contributed by atoms with van der Waals surface area (Å²) < 4.78 is 5.59. The Hall–Kier alpha value is -0.610. The molecule has 0 radical (unpaired) electrons. The van der Waals surface area contributed by atoms with Crippen LogP contribution in [0.2, 0.25) is 0 Å². The van der Waals surface area contributed by atoms with Crippen molar-refractivity contribution in [1.29, 1.82) is 0 Å². The van der Waals surface area contributed by atoms with Crippen molar-refractivity contribution in [3.8, 4) is 0 Å². The predicted octanol–water partition coefficient (Wildman–Crippen LogP) is 1.75. The molecule has 1 amide bonds. The van der Waals surface area contributed by atoms with Crippen LogP contribution in [0.25, 0.3) is 0 Å². The Balaban J connectivity index is 1.97. The Labute approximate surface area is 110 Å². The maximum atomic E-state index is 12.4. The molecule has 104 valence electrons. The molecule has 2 aliphatic rings. The highest BCUT2D eigenvalue weighted by Crippen LogP contribution is 2.33. The highest BCUT2D eigenvalue weighted by Gasteiger charge is 2.46. The van der Waals surface area contributed by atoms with Gasteiger partial charge in [0.2, 0.25) is 5.91 Å². The summed E-state index contributed by atoms with van der Waals surface area (Å²) in [5.41, 5.74) is 0. The summed E-state index contributed by atoms with van der Waals surface area (Å²) in [5.74, 6) is 0.649. The molecule has 1 aliphatic heterocycles. The van der Waals surface area contributed by atoms with Crippen molar-refractivity contribution in [1.82, 2.24) is 10.2 Å². The van der Waals surface area contributed by atoms with Gasteiger partial charge in [0.15, 0.2) is 0 Å². The van der Waals surface area contributed by atoms with Crippen LogP contribution in [-0.4, -0.2) is 41.8 Å². The van der Waals surface area contributed by atoms with Crippen LogP contribution in [0.4, 0.5) is 0 Å². The molecule has 1 aliphatic carbocycles.